The van der Waals surface area contributed by atoms with E-state index in [1.807, 2.05) is 0 Å². The van der Waals surface area contributed by atoms with Crippen LogP contribution in [0, 0.1) is 0 Å². The minimum absolute atomic E-state index is 0.140. The Balaban J connectivity index is 1.72. The summed E-state index contributed by atoms with van der Waals surface area (Å²) in [5.41, 5.74) is 3.12. The number of hydrogen-bond donors (Lipinski definition) is 2. The summed E-state index contributed by atoms with van der Waals surface area (Å²) in [6.07, 6.45) is 5.69. The Morgan fingerprint density at radius 2 is 1.69 bits per heavy atom. The number of sulfonamides is 1. The molecule has 170 valence electrons. The van der Waals surface area contributed by atoms with Gasteiger partial charge in [0.05, 0.1) is 23.2 Å². The second kappa shape index (κ2) is 10.8. The molecule has 1 aliphatic rings. The van der Waals surface area contributed by atoms with Crippen molar-refractivity contribution in [2.45, 2.75) is 43.0 Å². The lowest BCUT2D eigenvalue weighted by molar-refractivity contribution is -0.121. The van der Waals surface area contributed by atoms with E-state index in [9.17, 15) is 18.0 Å². The summed E-state index contributed by atoms with van der Waals surface area (Å²) < 4.78 is 28.7. The summed E-state index contributed by atoms with van der Waals surface area (Å²) in [6, 6.07) is 12.1. The second-order valence-corrected chi connectivity index (χ2v) is 10.3. The molecule has 0 spiro atoms. The zero-order chi connectivity index (χ0) is 23.1. The van der Waals surface area contributed by atoms with E-state index in [4.69, 9.17) is 5.11 Å². The Morgan fingerprint density at radius 1 is 1.06 bits per heavy atom. The molecule has 0 radical (unpaired) electrons. The number of carboxylic acids is 1. The van der Waals surface area contributed by atoms with Gasteiger partial charge in [0.15, 0.2) is 0 Å². The normalized spacial score (nSPS) is 15.2. The molecule has 1 amide bonds. The topological polar surface area (TPSA) is 116 Å². The number of carbonyl (C=O) groups is 2. The number of halogens is 1. The number of nitrogens with zero attached hydrogens (tertiary/aromatic N) is 2. The molecule has 1 fully saturated rings. The molecule has 0 unspecified atom stereocenters. The lowest BCUT2D eigenvalue weighted by Crippen LogP contribution is -2.46. The van der Waals surface area contributed by atoms with Crippen LogP contribution >= 0.6 is 15.9 Å². The van der Waals surface area contributed by atoms with Crippen LogP contribution in [0.1, 0.15) is 48.0 Å². The van der Waals surface area contributed by atoms with Gasteiger partial charge in [0.25, 0.3) is 5.91 Å². The molecule has 1 saturated carbocycles. The summed E-state index contributed by atoms with van der Waals surface area (Å²) in [5.74, 6) is -1.58. The molecular weight excluding hydrogens is 498 g/mol. The first-order valence-electron chi connectivity index (χ1n) is 10.2. The third-order valence-corrected chi connectivity index (χ3v) is 7.70. The number of amides is 1. The smallest absolute Gasteiger partial charge is 0.335 e. The van der Waals surface area contributed by atoms with E-state index in [1.165, 1.54) is 34.8 Å². The van der Waals surface area contributed by atoms with Crippen LogP contribution in [0.15, 0.2) is 63.0 Å². The van der Waals surface area contributed by atoms with Crippen LogP contribution in [0.25, 0.3) is 0 Å². The van der Waals surface area contributed by atoms with E-state index in [2.05, 4.69) is 26.5 Å². The average Bonchev–Trinajstić information content (AvgIpc) is 2.78. The van der Waals surface area contributed by atoms with Gasteiger partial charge in [0, 0.05) is 10.5 Å². The van der Waals surface area contributed by atoms with E-state index in [0.29, 0.717) is 18.4 Å². The summed E-state index contributed by atoms with van der Waals surface area (Å²) in [6.45, 7) is -0.335. The van der Waals surface area contributed by atoms with E-state index < -0.39 is 21.9 Å². The van der Waals surface area contributed by atoms with Crippen molar-refractivity contribution in [3.63, 3.8) is 0 Å². The number of benzene rings is 2. The van der Waals surface area contributed by atoms with Crippen molar-refractivity contribution in [1.29, 1.82) is 0 Å². The molecule has 2 aromatic rings. The molecule has 0 aromatic heterocycles. The number of aromatic carboxylic acids is 1. The molecule has 0 saturated heterocycles. The standard InChI is InChI=1S/C22H24BrN3O5S/c23-18-10-12-20(13-11-18)32(30,31)26(19-4-2-1-3-5-19)15-21(27)25-24-14-16-6-8-17(9-7-16)22(28)29/h6-14,19H,1-5,15H2,(H,25,27)(H,28,29)/b24-14+. The Bertz CT molecular complexity index is 1080. The van der Waals surface area contributed by atoms with Gasteiger partial charge in [-0.2, -0.15) is 9.41 Å². The monoisotopic (exact) mass is 521 g/mol. The van der Waals surface area contributed by atoms with Gasteiger partial charge < -0.3 is 5.11 Å². The number of hydrazone groups is 1. The van der Waals surface area contributed by atoms with Gasteiger partial charge in [-0.05, 0) is 54.8 Å². The fraction of sp³-hybridized carbons (Fsp3) is 0.318. The maximum atomic E-state index is 13.3. The quantitative estimate of drug-likeness (QED) is 0.406. The molecule has 10 heteroatoms. The van der Waals surface area contributed by atoms with Crippen molar-refractivity contribution in [3.05, 3.63) is 64.1 Å². The average molecular weight is 522 g/mol. The predicted molar refractivity (Wildman–Crippen MR) is 124 cm³/mol. The van der Waals surface area contributed by atoms with Crippen LogP contribution < -0.4 is 5.43 Å². The number of nitrogens with one attached hydrogen (secondary N) is 1. The van der Waals surface area contributed by atoms with Gasteiger partial charge >= 0.3 is 5.97 Å². The first-order valence-corrected chi connectivity index (χ1v) is 12.4. The Morgan fingerprint density at radius 3 is 2.28 bits per heavy atom. The summed E-state index contributed by atoms with van der Waals surface area (Å²) >= 11 is 3.31. The Hall–Kier alpha value is -2.56. The Kier molecular flexibility index (Phi) is 8.16. The molecule has 1 aliphatic carbocycles. The molecule has 0 atom stereocenters. The zero-order valence-corrected chi connectivity index (χ0v) is 19.7. The van der Waals surface area contributed by atoms with Crippen LogP contribution in [0.5, 0.6) is 0 Å². The SMILES string of the molecule is O=C(CN(C1CCCCC1)S(=O)(=O)c1ccc(Br)cc1)N/N=C/c1ccc(C(=O)O)cc1. The van der Waals surface area contributed by atoms with Crippen LogP contribution in [0.3, 0.4) is 0 Å². The molecule has 8 nitrogen and oxygen atoms in total. The van der Waals surface area contributed by atoms with Crippen LogP contribution in [-0.2, 0) is 14.8 Å². The number of hydrogen-bond acceptors (Lipinski definition) is 5. The lowest BCUT2D eigenvalue weighted by Gasteiger charge is -2.32. The van der Waals surface area contributed by atoms with Crippen molar-refractivity contribution >= 4 is 44.0 Å². The molecule has 0 aliphatic heterocycles. The third-order valence-electron chi connectivity index (χ3n) is 5.26. The maximum absolute atomic E-state index is 13.3. The molecule has 0 heterocycles. The van der Waals surface area contributed by atoms with E-state index >= 15 is 0 Å². The minimum atomic E-state index is -3.86. The Labute approximate surface area is 195 Å². The van der Waals surface area contributed by atoms with Crippen molar-refractivity contribution < 1.29 is 23.1 Å². The predicted octanol–water partition coefficient (Wildman–Crippen LogP) is 3.62. The molecule has 32 heavy (non-hydrogen) atoms. The number of rotatable bonds is 8. The van der Waals surface area contributed by atoms with Crippen LogP contribution in [-0.4, -0.2) is 48.5 Å². The van der Waals surface area contributed by atoms with Gasteiger partial charge in [0.2, 0.25) is 10.0 Å². The fourth-order valence-electron chi connectivity index (χ4n) is 3.59. The molecule has 2 aromatic carbocycles. The van der Waals surface area contributed by atoms with Gasteiger partial charge in [-0.3, -0.25) is 4.79 Å². The highest BCUT2D eigenvalue weighted by Crippen LogP contribution is 2.28. The third kappa shape index (κ3) is 6.24. The largest absolute Gasteiger partial charge is 0.478 e. The molecule has 2 N–H and O–H groups in total. The van der Waals surface area contributed by atoms with Crippen molar-refractivity contribution in [3.8, 4) is 0 Å². The first kappa shape index (κ1) is 24.1. The van der Waals surface area contributed by atoms with Crippen LogP contribution in [0.4, 0.5) is 0 Å². The summed E-state index contributed by atoms with van der Waals surface area (Å²) in [4.78, 5) is 23.6. The highest BCUT2D eigenvalue weighted by Gasteiger charge is 2.33. The highest BCUT2D eigenvalue weighted by molar-refractivity contribution is 9.10. The first-order chi connectivity index (χ1) is 15.3. The van der Waals surface area contributed by atoms with E-state index in [1.54, 1.807) is 24.3 Å². The molecular formula is C22H24BrN3O5S. The van der Waals surface area contributed by atoms with E-state index in [0.717, 1.165) is 23.7 Å². The van der Waals surface area contributed by atoms with Gasteiger partial charge in [-0.1, -0.05) is 47.3 Å². The summed E-state index contributed by atoms with van der Waals surface area (Å²) in [5, 5.41) is 12.8. The highest BCUT2D eigenvalue weighted by atomic mass is 79.9. The second-order valence-electron chi connectivity index (χ2n) is 7.52. The van der Waals surface area contributed by atoms with Gasteiger partial charge in [-0.15, -0.1) is 0 Å². The zero-order valence-electron chi connectivity index (χ0n) is 17.3. The lowest BCUT2D eigenvalue weighted by atomic mass is 9.95. The molecule has 0 bridgehead atoms. The van der Waals surface area contributed by atoms with Crippen LogP contribution in [0.2, 0.25) is 0 Å². The fourth-order valence-corrected chi connectivity index (χ4v) is 5.49. The van der Waals surface area contributed by atoms with Gasteiger partial charge in [-0.25, -0.2) is 18.6 Å². The van der Waals surface area contributed by atoms with Crippen molar-refractivity contribution in [1.82, 2.24) is 9.73 Å². The number of carboxylic acid groups (broad SMARTS) is 1. The van der Waals surface area contributed by atoms with Crippen molar-refractivity contribution in [2.24, 2.45) is 5.10 Å². The maximum Gasteiger partial charge on any atom is 0.335 e. The van der Waals surface area contributed by atoms with E-state index in [-0.39, 0.29) is 23.0 Å². The van der Waals surface area contributed by atoms with Gasteiger partial charge in [0.1, 0.15) is 0 Å². The summed E-state index contributed by atoms with van der Waals surface area (Å²) in [7, 11) is -3.86. The number of carbonyl (C=O) groups excluding carboxylic acids is 1. The van der Waals surface area contributed by atoms with Crippen molar-refractivity contribution in [2.75, 3.05) is 6.54 Å². The minimum Gasteiger partial charge on any atom is -0.478 e. The molecule has 3 rings (SSSR count).